The SMILES string of the molecule is CCC(C)Nc1ncc(C(=O)Nc2ccc(N(CC)CC)cc2)cn1. The minimum atomic E-state index is -0.217. The minimum Gasteiger partial charge on any atom is -0.372 e. The van der Waals surface area contributed by atoms with Crippen molar-refractivity contribution in [1.29, 1.82) is 0 Å². The van der Waals surface area contributed by atoms with E-state index in [2.05, 4.69) is 53.2 Å². The summed E-state index contributed by atoms with van der Waals surface area (Å²) >= 11 is 0. The molecule has 1 amide bonds. The van der Waals surface area contributed by atoms with E-state index in [0.29, 0.717) is 17.6 Å². The maximum Gasteiger partial charge on any atom is 0.258 e. The standard InChI is InChI=1S/C19H27N5O/c1-5-14(4)22-19-20-12-15(13-21-19)18(25)23-16-8-10-17(11-9-16)24(6-2)7-3/h8-14H,5-7H2,1-4H3,(H,23,25)(H,20,21,22). The lowest BCUT2D eigenvalue weighted by Gasteiger charge is -2.21. The van der Waals surface area contributed by atoms with Crippen molar-refractivity contribution >= 4 is 23.2 Å². The van der Waals surface area contributed by atoms with Crippen LogP contribution in [0.1, 0.15) is 44.5 Å². The molecule has 0 aliphatic heterocycles. The number of hydrogen-bond donors (Lipinski definition) is 2. The molecular formula is C19H27N5O. The molecule has 1 aromatic carbocycles. The molecule has 6 nitrogen and oxygen atoms in total. The Morgan fingerprint density at radius 2 is 1.68 bits per heavy atom. The summed E-state index contributed by atoms with van der Waals surface area (Å²) in [5, 5.41) is 6.05. The number of nitrogens with one attached hydrogen (secondary N) is 2. The highest BCUT2D eigenvalue weighted by Gasteiger charge is 2.09. The zero-order valence-corrected chi connectivity index (χ0v) is 15.4. The summed E-state index contributed by atoms with van der Waals surface area (Å²) in [6.45, 7) is 10.3. The number of nitrogens with zero attached hydrogens (tertiary/aromatic N) is 3. The fourth-order valence-corrected chi connectivity index (χ4v) is 2.39. The number of aromatic nitrogens is 2. The number of carbonyl (C=O) groups excluding carboxylic acids is 1. The Balaban J connectivity index is 1.99. The second kappa shape index (κ2) is 9.01. The van der Waals surface area contributed by atoms with Gasteiger partial charge in [-0.1, -0.05) is 6.92 Å². The lowest BCUT2D eigenvalue weighted by atomic mass is 10.2. The molecule has 2 N–H and O–H groups in total. The predicted molar refractivity (Wildman–Crippen MR) is 103 cm³/mol. The van der Waals surface area contributed by atoms with Gasteiger partial charge in [0.2, 0.25) is 5.95 Å². The van der Waals surface area contributed by atoms with Gasteiger partial charge in [-0.25, -0.2) is 9.97 Å². The fraction of sp³-hybridized carbons (Fsp3) is 0.421. The quantitative estimate of drug-likeness (QED) is 0.764. The Morgan fingerprint density at radius 1 is 1.08 bits per heavy atom. The first-order valence-electron chi connectivity index (χ1n) is 8.82. The van der Waals surface area contributed by atoms with Gasteiger partial charge in [0.25, 0.3) is 5.91 Å². The predicted octanol–water partition coefficient (Wildman–Crippen LogP) is 3.79. The molecule has 2 aromatic rings. The summed E-state index contributed by atoms with van der Waals surface area (Å²) in [6, 6.07) is 8.14. The van der Waals surface area contributed by atoms with Crippen molar-refractivity contribution in [2.24, 2.45) is 0 Å². The van der Waals surface area contributed by atoms with Gasteiger partial charge in [-0.15, -0.1) is 0 Å². The highest BCUT2D eigenvalue weighted by molar-refractivity contribution is 6.03. The van der Waals surface area contributed by atoms with Crippen LogP contribution in [0.2, 0.25) is 0 Å². The highest BCUT2D eigenvalue weighted by Crippen LogP contribution is 2.18. The fourth-order valence-electron chi connectivity index (χ4n) is 2.39. The van der Waals surface area contributed by atoms with E-state index in [9.17, 15) is 4.79 Å². The first-order chi connectivity index (χ1) is 12.1. The van der Waals surface area contributed by atoms with Crippen molar-refractivity contribution in [3.8, 4) is 0 Å². The average molecular weight is 341 g/mol. The van der Waals surface area contributed by atoms with Crippen molar-refractivity contribution in [2.75, 3.05) is 28.6 Å². The van der Waals surface area contributed by atoms with E-state index in [1.165, 1.54) is 12.4 Å². The van der Waals surface area contributed by atoms with E-state index in [1.807, 2.05) is 24.3 Å². The molecule has 1 unspecified atom stereocenters. The van der Waals surface area contributed by atoms with Crippen LogP contribution in [0.3, 0.4) is 0 Å². The van der Waals surface area contributed by atoms with Crippen LogP contribution in [0, 0.1) is 0 Å². The highest BCUT2D eigenvalue weighted by atomic mass is 16.1. The Bertz CT molecular complexity index is 665. The zero-order chi connectivity index (χ0) is 18.2. The Morgan fingerprint density at radius 3 is 2.20 bits per heavy atom. The second-order valence-corrected chi connectivity index (χ2v) is 5.92. The zero-order valence-electron chi connectivity index (χ0n) is 15.4. The van der Waals surface area contributed by atoms with Gasteiger partial charge in [0.1, 0.15) is 0 Å². The summed E-state index contributed by atoms with van der Waals surface area (Å²) < 4.78 is 0. The molecule has 25 heavy (non-hydrogen) atoms. The molecule has 1 atom stereocenters. The maximum atomic E-state index is 12.3. The monoisotopic (exact) mass is 341 g/mol. The molecule has 0 fully saturated rings. The van der Waals surface area contributed by atoms with E-state index in [1.54, 1.807) is 0 Å². The van der Waals surface area contributed by atoms with Crippen molar-refractivity contribution in [3.63, 3.8) is 0 Å². The van der Waals surface area contributed by atoms with Crippen LogP contribution in [-0.2, 0) is 0 Å². The molecule has 0 aliphatic rings. The van der Waals surface area contributed by atoms with Gasteiger partial charge in [0, 0.05) is 42.9 Å². The van der Waals surface area contributed by atoms with Gasteiger partial charge in [-0.05, 0) is 51.5 Å². The number of amides is 1. The summed E-state index contributed by atoms with van der Waals surface area (Å²) in [7, 11) is 0. The molecule has 0 bridgehead atoms. The van der Waals surface area contributed by atoms with E-state index >= 15 is 0 Å². The largest absolute Gasteiger partial charge is 0.372 e. The Kier molecular flexibility index (Phi) is 6.74. The average Bonchev–Trinajstić information content (AvgIpc) is 2.64. The number of carbonyl (C=O) groups is 1. The lowest BCUT2D eigenvalue weighted by Crippen LogP contribution is -2.21. The molecule has 0 radical (unpaired) electrons. The molecule has 2 rings (SSSR count). The second-order valence-electron chi connectivity index (χ2n) is 5.92. The van der Waals surface area contributed by atoms with Crippen LogP contribution >= 0.6 is 0 Å². The molecular weight excluding hydrogens is 314 g/mol. The van der Waals surface area contributed by atoms with E-state index in [4.69, 9.17) is 0 Å². The molecule has 0 spiro atoms. The van der Waals surface area contributed by atoms with E-state index in [0.717, 1.165) is 30.9 Å². The Hall–Kier alpha value is -2.63. The Labute approximate surface area is 149 Å². The summed E-state index contributed by atoms with van der Waals surface area (Å²) in [5.41, 5.74) is 2.33. The number of benzene rings is 1. The van der Waals surface area contributed by atoms with Crippen LogP contribution in [0.4, 0.5) is 17.3 Å². The third-order valence-electron chi connectivity index (χ3n) is 4.16. The molecule has 0 saturated carbocycles. The van der Waals surface area contributed by atoms with E-state index < -0.39 is 0 Å². The van der Waals surface area contributed by atoms with Gasteiger partial charge < -0.3 is 15.5 Å². The maximum absolute atomic E-state index is 12.3. The third-order valence-corrected chi connectivity index (χ3v) is 4.16. The molecule has 6 heteroatoms. The van der Waals surface area contributed by atoms with Crippen LogP contribution in [0.25, 0.3) is 0 Å². The van der Waals surface area contributed by atoms with Gasteiger partial charge in [-0.3, -0.25) is 4.79 Å². The van der Waals surface area contributed by atoms with Crippen molar-refractivity contribution in [1.82, 2.24) is 9.97 Å². The molecule has 0 aliphatic carbocycles. The van der Waals surface area contributed by atoms with E-state index in [-0.39, 0.29) is 5.91 Å². The minimum absolute atomic E-state index is 0.217. The molecule has 134 valence electrons. The molecule has 0 saturated heterocycles. The van der Waals surface area contributed by atoms with Crippen LogP contribution in [0.5, 0.6) is 0 Å². The van der Waals surface area contributed by atoms with Gasteiger partial charge in [0.15, 0.2) is 0 Å². The first-order valence-corrected chi connectivity index (χ1v) is 8.82. The number of rotatable bonds is 8. The third kappa shape index (κ3) is 5.17. The van der Waals surface area contributed by atoms with Crippen LogP contribution in [-0.4, -0.2) is 35.0 Å². The smallest absolute Gasteiger partial charge is 0.258 e. The van der Waals surface area contributed by atoms with Crippen molar-refractivity contribution in [2.45, 2.75) is 40.2 Å². The first kappa shape index (κ1) is 18.7. The lowest BCUT2D eigenvalue weighted by molar-refractivity contribution is 0.102. The van der Waals surface area contributed by atoms with Crippen molar-refractivity contribution < 1.29 is 4.79 Å². The number of hydrogen-bond acceptors (Lipinski definition) is 5. The van der Waals surface area contributed by atoms with Crippen LogP contribution in [0.15, 0.2) is 36.7 Å². The van der Waals surface area contributed by atoms with Gasteiger partial charge in [0.05, 0.1) is 5.56 Å². The topological polar surface area (TPSA) is 70.2 Å². The molecule has 1 aromatic heterocycles. The summed E-state index contributed by atoms with van der Waals surface area (Å²) in [6.07, 6.45) is 4.06. The summed E-state index contributed by atoms with van der Waals surface area (Å²) in [5.74, 6) is 0.320. The molecule has 1 heterocycles. The normalized spacial score (nSPS) is 11.7. The van der Waals surface area contributed by atoms with Crippen LogP contribution < -0.4 is 15.5 Å². The van der Waals surface area contributed by atoms with Gasteiger partial charge >= 0.3 is 0 Å². The van der Waals surface area contributed by atoms with Crippen molar-refractivity contribution in [3.05, 3.63) is 42.2 Å². The van der Waals surface area contributed by atoms with Gasteiger partial charge in [-0.2, -0.15) is 0 Å². The number of anilines is 3. The summed E-state index contributed by atoms with van der Waals surface area (Å²) in [4.78, 5) is 23.0.